The first-order chi connectivity index (χ1) is 33.6. The quantitative estimate of drug-likeness (QED) is 0.159. The third kappa shape index (κ3) is 5.34. The first-order valence-electron chi connectivity index (χ1n) is 25.0. The van der Waals surface area contributed by atoms with Gasteiger partial charge in [-0.05, 0) is 115 Å². The van der Waals surface area contributed by atoms with Crippen LogP contribution in [0.3, 0.4) is 0 Å². The fourth-order valence-electron chi connectivity index (χ4n) is 7.62. The zero-order valence-electron chi connectivity index (χ0n) is 43.5. The number of furan rings is 1. The lowest BCUT2D eigenvalue weighted by molar-refractivity contribution is 0.669. The lowest BCUT2D eigenvalue weighted by Gasteiger charge is -2.28. The van der Waals surface area contributed by atoms with E-state index in [-0.39, 0.29) is 86.4 Å². The third-order valence-electron chi connectivity index (χ3n) is 10.2. The second-order valence-electron chi connectivity index (χ2n) is 13.4. The van der Waals surface area contributed by atoms with Gasteiger partial charge in [0.2, 0.25) is 0 Å². The molecule has 0 amide bonds. The van der Waals surface area contributed by atoms with Crippen molar-refractivity contribution in [1.29, 1.82) is 0 Å². The zero-order chi connectivity index (χ0) is 49.2. The van der Waals surface area contributed by atoms with E-state index in [1.54, 1.807) is 18.2 Å². The van der Waals surface area contributed by atoms with Crippen LogP contribution in [0.2, 0.25) is 0 Å². The van der Waals surface area contributed by atoms with E-state index in [2.05, 4.69) is 4.90 Å². The van der Waals surface area contributed by atoms with Gasteiger partial charge in [0.15, 0.2) is 0 Å². The Morgan fingerprint density at radius 1 is 0.375 bits per heavy atom. The Morgan fingerprint density at radius 3 is 1.84 bits per heavy atom. The molecule has 0 bridgehead atoms. The van der Waals surface area contributed by atoms with Gasteiger partial charge in [0.1, 0.15) is 11.2 Å². The van der Waals surface area contributed by atoms with E-state index >= 15 is 0 Å². The molecule has 0 aliphatic heterocycles. The molecule has 2 nitrogen and oxygen atoms in total. The summed E-state index contributed by atoms with van der Waals surface area (Å²) in [6, 6.07) is 34.7. The molecule has 11 aromatic rings. The minimum atomic E-state index is -0.512. The fraction of sp³-hybridized carbons (Fsp3) is 0. The molecule has 0 unspecified atom stereocenters. The summed E-state index contributed by atoms with van der Waals surface area (Å²) < 4.78 is 128. The van der Waals surface area contributed by atoms with Gasteiger partial charge in [0, 0.05) is 27.7 Å². The van der Waals surface area contributed by atoms with Gasteiger partial charge < -0.3 is 9.32 Å². The Bertz CT molecular complexity index is 4040. The van der Waals surface area contributed by atoms with Crippen LogP contribution in [0.25, 0.3) is 87.6 Å². The summed E-state index contributed by atoms with van der Waals surface area (Å²) in [5.74, 6) is 0. The van der Waals surface area contributed by atoms with Crippen molar-refractivity contribution in [2.75, 3.05) is 4.90 Å². The molecule has 1 aromatic heterocycles. The molecule has 1 heterocycles. The second kappa shape index (κ2) is 13.2. The molecule has 0 aliphatic carbocycles. The van der Waals surface area contributed by atoms with Crippen molar-refractivity contribution in [3.63, 3.8) is 0 Å². The largest absolute Gasteiger partial charge is 0.456 e. The van der Waals surface area contributed by atoms with Crippen LogP contribution < -0.4 is 4.90 Å². The second-order valence-corrected chi connectivity index (χ2v) is 13.4. The summed E-state index contributed by atoms with van der Waals surface area (Å²) in [4.78, 5) is 2.07. The normalized spacial score (nSPS) is 15.1. The summed E-state index contributed by atoms with van der Waals surface area (Å²) in [5.41, 5.74) is 6.59. The topological polar surface area (TPSA) is 16.4 Å². The van der Waals surface area contributed by atoms with Gasteiger partial charge >= 0.3 is 0 Å². The first-order valence-corrected chi connectivity index (χ1v) is 18.0. The fourth-order valence-corrected chi connectivity index (χ4v) is 7.62. The summed E-state index contributed by atoms with van der Waals surface area (Å²) in [5, 5.41) is 1.42. The van der Waals surface area contributed by atoms with Crippen LogP contribution in [0, 0.1) is 0 Å². The van der Waals surface area contributed by atoms with Crippen molar-refractivity contribution >= 4 is 71.3 Å². The van der Waals surface area contributed by atoms with Crippen LogP contribution in [0.4, 0.5) is 17.1 Å². The molecule has 0 atom stereocenters. The molecule has 0 N–H and O–H groups in total. The zero-order valence-corrected chi connectivity index (χ0v) is 29.5. The van der Waals surface area contributed by atoms with E-state index in [1.807, 2.05) is 103 Å². The number of hydrogen-bond donors (Lipinski definition) is 0. The van der Waals surface area contributed by atoms with Gasteiger partial charge in [0.25, 0.3) is 0 Å². The van der Waals surface area contributed by atoms with Crippen LogP contribution in [0.1, 0.15) is 19.2 Å². The van der Waals surface area contributed by atoms with Crippen molar-refractivity contribution in [2.45, 2.75) is 0 Å². The average molecular weight is 728 g/mol. The van der Waals surface area contributed by atoms with Crippen LogP contribution >= 0.6 is 0 Å². The van der Waals surface area contributed by atoms with Crippen molar-refractivity contribution < 1.29 is 23.6 Å². The number of anilines is 3. The maximum Gasteiger partial charge on any atom is 0.136 e. The van der Waals surface area contributed by atoms with Crippen LogP contribution in [-0.2, 0) is 0 Å². The number of rotatable bonds is 6. The summed E-state index contributed by atoms with van der Waals surface area (Å²) in [6.45, 7) is 0. The van der Waals surface area contributed by atoms with Crippen LogP contribution in [0.15, 0.2) is 216 Å². The van der Waals surface area contributed by atoms with Gasteiger partial charge in [-0.15, -0.1) is 0 Å². The minimum Gasteiger partial charge on any atom is -0.456 e. The number of fused-ring (bicyclic) bond motifs is 8. The molecule has 0 aliphatic rings. The molecule has 2 heteroatoms. The van der Waals surface area contributed by atoms with Crippen molar-refractivity contribution in [3.8, 4) is 33.4 Å². The molecule has 0 saturated heterocycles. The number of nitrogens with zero attached hydrogens (tertiary/aromatic N) is 1. The lowest BCUT2D eigenvalue weighted by atomic mass is 9.93. The molecular weight excluding hydrogens is 679 g/mol. The van der Waals surface area contributed by atoms with Gasteiger partial charge in [-0.25, -0.2) is 0 Å². The molecular formula is C54H35NO. The Hall–Kier alpha value is -7.42. The van der Waals surface area contributed by atoms with Crippen molar-refractivity contribution in [3.05, 3.63) is 212 Å². The summed E-state index contributed by atoms with van der Waals surface area (Å²) >= 11 is 0. The maximum absolute atomic E-state index is 9.26. The Kier molecular flexibility index (Phi) is 4.90. The SMILES string of the molecule is [2H]c1cc2oc3c([2H])c([2H])c4cc(-c5ccc(N(c6ccc(-c7cc8c([2H])c([2H])c([2H])c([2H])c8c8c([2H])c([2H])c([2H])c([2H])c78)cc6)c6ccccc6-c6ccccc6)cc5)cc([2H])c4c3c2c([2H])c1[2H]. The van der Waals surface area contributed by atoms with Crippen molar-refractivity contribution in [2.24, 2.45) is 0 Å². The van der Waals surface area contributed by atoms with E-state index in [0.717, 1.165) is 22.5 Å². The smallest absolute Gasteiger partial charge is 0.136 e. The van der Waals surface area contributed by atoms with E-state index in [0.29, 0.717) is 44.1 Å². The Balaban J connectivity index is 1.07. The number of benzene rings is 10. The molecule has 10 aromatic carbocycles. The number of para-hydroxylation sites is 2. The summed E-state index contributed by atoms with van der Waals surface area (Å²) in [6.07, 6.45) is 0. The van der Waals surface area contributed by atoms with E-state index in [1.165, 1.54) is 6.07 Å². The van der Waals surface area contributed by atoms with Gasteiger partial charge in [-0.2, -0.15) is 0 Å². The Labute approximate surface area is 344 Å². The van der Waals surface area contributed by atoms with Gasteiger partial charge in [-0.1, -0.05) is 157 Å². The molecule has 0 fully saturated rings. The lowest BCUT2D eigenvalue weighted by Crippen LogP contribution is -2.11. The highest BCUT2D eigenvalue weighted by Crippen LogP contribution is 2.43. The summed E-state index contributed by atoms with van der Waals surface area (Å²) in [7, 11) is 0. The highest BCUT2D eigenvalue weighted by molar-refractivity contribution is 6.19. The molecule has 0 spiro atoms. The highest BCUT2D eigenvalue weighted by atomic mass is 16.3. The first kappa shape index (κ1) is 20.9. The average Bonchev–Trinajstić information content (AvgIpc) is 3.76. The van der Waals surface area contributed by atoms with E-state index in [9.17, 15) is 1.37 Å². The van der Waals surface area contributed by atoms with Crippen LogP contribution in [-0.4, -0.2) is 0 Å². The standard InChI is InChI=1S/C54H35NO/c1-2-12-37(13-3-1)45-16-8-10-20-51(45)55(43-30-24-38(25-31-43)50-35-40-14-4-5-15-44(40)47-17-6-7-18-48(47)50)42-28-22-36(23-29-42)39-26-32-46-41(34-39)27-33-53-54(46)49-19-9-11-21-52(49)56-53/h1-35H/i4D,5D,6D,7D,9D,11D,14D,15D,17D,18D,19D,27D,32D,33D. The molecule has 11 rings (SSSR count). The van der Waals surface area contributed by atoms with Gasteiger partial charge in [0.05, 0.1) is 24.9 Å². The molecule has 0 saturated carbocycles. The number of hydrogen-bond acceptors (Lipinski definition) is 2. The minimum absolute atomic E-state index is 0.00693. The predicted molar refractivity (Wildman–Crippen MR) is 237 cm³/mol. The van der Waals surface area contributed by atoms with E-state index in [4.69, 9.17) is 22.2 Å². The Morgan fingerprint density at radius 2 is 1.02 bits per heavy atom. The maximum atomic E-state index is 9.26. The van der Waals surface area contributed by atoms with Crippen LogP contribution in [0.5, 0.6) is 0 Å². The van der Waals surface area contributed by atoms with Crippen molar-refractivity contribution in [1.82, 2.24) is 0 Å². The monoisotopic (exact) mass is 727 g/mol. The highest BCUT2D eigenvalue weighted by Gasteiger charge is 2.18. The molecule has 262 valence electrons. The molecule has 0 radical (unpaired) electrons. The van der Waals surface area contributed by atoms with E-state index < -0.39 is 36.3 Å². The third-order valence-corrected chi connectivity index (χ3v) is 10.2. The van der Waals surface area contributed by atoms with Gasteiger partial charge in [-0.3, -0.25) is 0 Å². The molecule has 56 heavy (non-hydrogen) atoms. The predicted octanol–water partition coefficient (Wildman–Crippen LogP) is 15.5.